The number of nitro groups is 1. The highest BCUT2D eigenvalue weighted by Gasteiger charge is 2.48. The van der Waals surface area contributed by atoms with E-state index < -0.39 is 28.4 Å². The molecule has 1 N–H and O–H groups in total. The molecule has 1 saturated heterocycles. The smallest absolute Gasteiger partial charge is 0.301 e. The van der Waals surface area contributed by atoms with Crippen molar-refractivity contribution in [2.75, 3.05) is 11.5 Å². The Labute approximate surface area is 221 Å². The Kier molecular flexibility index (Phi) is 6.41. The number of anilines is 1. The molecule has 1 fully saturated rings. The summed E-state index contributed by atoms with van der Waals surface area (Å²) in [6.07, 6.45) is 0. The maximum atomic E-state index is 13.5. The third kappa shape index (κ3) is 4.28. The topological polar surface area (TPSA) is 123 Å². The number of aromatic nitrogens is 1. The second-order valence-electron chi connectivity index (χ2n) is 8.90. The Balaban J connectivity index is 1.72. The van der Waals surface area contributed by atoms with Gasteiger partial charge in [-0.1, -0.05) is 29.5 Å². The van der Waals surface area contributed by atoms with Gasteiger partial charge < -0.3 is 9.84 Å². The molecular formula is C28H23N3O6S. The Bertz CT molecular complexity index is 1640. The third-order valence-corrected chi connectivity index (χ3v) is 7.31. The second-order valence-corrected chi connectivity index (χ2v) is 9.91. The molecule has 0 unspecified atom stereocenters. The van der Waals surface area contributed by atoms with Gasteiger partial charge in [0.15, 0.2) is 5.13 Å². The van der Waals surface area contributed by atoms with Crippen LogP contribution in [0.5, 0.6) is 5.75 Å². The van der Waals surface area contributed by atoms with Crippen LogP contribution in [0.2, 0.25) is 0 Å². The number of aliphatic hydroxyl groups is 1. The highest BCUT2D eigenvalue weighted by molar-refractivity contribution is 7.22. The maximum absolute atomic E-state index is 13.5. The number of aryl methyl sites for hydroxylation is 2. The monoisotopic (exact) mass is 529 g/mol. The number of nitrogens with zero attached hydrogens (tertiary/aromatic N) is 3. The molecule has 1 aliphatic rings. The van der Waals surface area contributed by atoms with Crippen molar-refractivity contribution in [2.45, 2.75) is 26.8 Å². The van der Waals surface area contributed by atoms with E-state index in [9.17, 15) is 24.8 Å². The lowest BCUT2D eigenvalue weighted by Gasteiger charge is -2.22. The van der Waals surface area contributed by atoms with Gasteiger partial charge in [0.1, 0.15) is 11.5 Å². The number of ketones is 1. The minimum Gasteiger partial charge on any atom is -0.507 e. The van der Waals surface area contributed by atoms with Crippen molar-refractivity contribution in [2.24, 2.45) is 0 Å². The van der Waals surface area contributed by atoms with Crippen LogP contribution in [0, 0.1) is 24.0 Å². The summed E-state index contributed by atoms with van der Waals surface area (Å²) in [5, 5.41) is 23.1. The van der Waals surface area contributed by atoms with Gasteiger partial charge in [-0.2, -0.15) is 0 Å². The zero-order valence-electron chi connectivity index (χ0n) is 20.8. The molecule has 1 amide bonds. The standard InChI is InChI=1S/C28H23N3O6S/c1-4-37-20-10-8-17(9-11-20)25(32)22-24(18-6-5-7-19(14-18)31(35)36)30(27(34)26(22)33)28-29-23-16(3)12-15(2)13-21(23)38-28/h5-14,24,32H,4H2,1-3H3/t24-/m1/s1. The van der Waals surface area contributed by atoms with Gasteiger partial charge in [0, 0.05) is 17.7 Å². The molecule has 192 valence electrons. The molecule has 1 aliphatic heterocycles. The lowest BCUT2D eigenvalue weighted by molar-refractivity contribution is -0.384. The quantitative estimate of drug-likeness (QED) is 0.109. The first-order valence-corrected chi connectivity index (χ1v) is 12.7. The summed E-state index contributed by atoms with van der Waals surface area (Å²) < 4.78 is 6.29. The summed E-state index contributed by atoms with van der Waals surface area (Å²) in [7, 11) is 0. The van der Waals surface area contributed by atoms with E-state index in [0.717, 1.165) is 15.8 Å². The zero-order chi connectivity index (χ0) is 27.1. The number of rotatable bonds is 6. The van der Waals surface area contributed by atoms with Crippen molar-refractivity contribution in [3.8, 4) is 5.75 Å². The first-order valence-electron chi connectivity index (χ1n) is 11.9. The van der Waals surface area contributed by atoms with Crippen LogP contribution in [0.3, 0.4) is 0 Å². The predicted molar refractivity (Wildman–Crippen MR) is 145 cm³/mol. The molecule has 2 heterocycles. The number of ether oxygens (including phenoxy) is 1. The number of carbonyl (C=O) groups excluding carboxylic acids is 2. The van der Waals surface area contributed by atoms with Gasteiger partial charge in [-0.05, 0) is 67.8 Å². The largest absolute Gasteiger partial charge is 0.507 e. The fraction of sp³-hybridized carbons (Fsp3) is 0.179. The van der Waals surface area contributed by atoms with Crippen molar-refractivity contribution in [3.63, 3.8) is 0 Å². The molecule has 1 aromatic heterocycles. The van der Waals surface area contributed by atoms with Gasteiger partial charge >= 0.3 is 5.91 Å². The molecule has 5 rings (SSSR count). The van der Waals surface area contributed by atoms with Gasteiger partial charge in [-0.15, -0.1) is 0 Å². The zero-order valence-corrected chi connectivity index (χ0v) is 21.6. The molecule has 9 nitrogen and oxygen atoms in total. The van der Waals surface area contributed by atoms with Gasteiger partial charge in [0.25, 0.3) is 11.5 Å². The maximum Gasteiger partial charge on any atom is 0.301 e. The van der Waals surface area contributed by atoms with E-state index in [2.05, 4.69) is 4.98 Å². The number of benzene rings is 3. The number of hydrogen-bond donors (Lipinski definition) is 1. The molecule has 10 heteroatoms. The Morgan fingerprint density at radius 2 is 1.87 bits per heavy atom. The molecule has 0 saturated carbocycles. The SMILES string of the molecule is CCOc1ccc(C(O)=C2C(=O)C(=O)N(c3nc4c(C)cc(C)cc4s3)[C@@H]2c2cccc([N+](=O)[O-])c2)cc1. The molecule has 0 aliphatic carbocycles. The molecule has 38 heavy (non-hydrogen) atoms. The highest BCUT2D eigenvalue weighted by atomic mass is 32.1. The molecular weight excluding hydrogens is 506 g/mol. The molecule has 0 bridgehead atoms. The molecule has 1 atom stereocenters. The van der Waals surface area contributed by atoms with Crippen LogP contribution in [0.15, 0.2) is 66.2 Å². The lowest BCUT2D eigenvalue weighted by Crippen LogP contribution is -2.29. The minimum absolute atomic E-state index is 0.174. The summed E-state index contributed by atoms with van der Waals surface area (Å²) >= 11 is 1.24. The fourth-order valence-corrected chi connectivity index (χ4v) is 5.82. The van der Waals surface area contributed by atoms with Crippen LogP contribution < -0.4 is 9.64 Å². The van der Waals surface area contributed by atoms with Gasteiger partial charge in [0.05, 0.1) is 33.4 Å². The van der Waals surface area contributed by atoms with E-state index in [1.165, 1.54) is 34.4 Å². The lowest BCUT2D eigenvalue weighted by atomic mass is 9.95. The van der Waals surface area contributed by atoms with Crippen LogP contribution in [0.4, 0.5) is 10.8 Å². The third-order valence-electron chi connectivity index (χ3n) is 6.30. The summed E-state index contributed by atoms with van der Waals surface area (Å²) in [5.74, 6) is -1.58. The number of Topliss-reactive ketones (excluding diaryl/α,β-unsaturated/α-hetero) is 1. The van der Waals surface area contributed by atoms with Crippen molar-refractivity contribution >= 4 is 49.8 Å². The van der Waals surface area contributed by atoms with Crippen LogP contribution >= 0.6 is 11.3 Å². The second kappa shape index (κ2) is 9.71. The molecule has 0 radical (unpaired) electrons. The van der Waals surface area contributed by atoms with Crippen molar-refractivity contribution in [1.29, 1.82) is 0 Å². The average molecular weight is 530 g/mol. The van der Waals surface area contributed by atoms with E-state index in [-0.39, 0.29) is 16.4 Å². The summed E-state index contributed by atoms with van der Waals surface area (Å²) in [4.78, 5) is 43.8. The molecule has 3 aromatic carbocycles. The van der Waals surface area contributed by atoms with E-state index >= 15 is 0 Å². The first kappa shape index (κ1) is 25.1. The summed E-state index contributed by atoms with van der Waals surface area (Å²) in [6.45, 7) is 6.18. The number of fused-ring (bicyclic) bond motifs is 1. The Morgan fingerprint density at radius 1 is 1.13 bits per heavy atom. The minimum atomic E-state index is -1.12. The first-order chi connectivity index (χ1) is 18.2. The van der Waals surface area contributed by atoms with Crippen molar-refractivity contribution in [1.82, 2.24) is 4.98 Å². The Morgan fingerprint density at radius 3 is 2.55 bits per heavy atom. The highest BCUT2D eigenvalue weighted by Crippen LogP contribution is 2.45. The fourth-order valence-electron chi connectivity index (χ4n) is 4.65. The van der Waals surface area contributed by atoms with E-state index in [4.69, 9.17) is 4.74 Å². The summed E-state index contributed by atoms with van der Waals surface area (Å²) in [6, 6.07) is 15.0. The van der Waals surface area contributed by atoms with Crippen molar-refractivity contribution in [3.05, 3.63) is 98.6 Å². The number of non-ortho nitro benzene ring substituents is 1. The van der Waals surface area contributed by atoms with Crippen LogP contribution in [-0.2, 0) is 9.59 Å². The summed E-state index contributed by atoms with van der Waals surface area (Å²) in [5.41, 5.74) is 2.87. The van der Waals surface area contributed by atoms with E-state index in [0.29, 0.717) is 29.0 Å². The van der Waals surface area contributed by atoms with Gasteiger partial charge in [-0.3, -0.25) is 24.6 Å². The predicted octanol–water partition coefficient (Wildman–Crippen LogP) is 5.85. The van der Waals surface area contributed by atoms with Gasteiger partial charge in [-0.25, -0.2) is 4.98 Å². The number of thiazole rings is 1. The van der Waals surface area contributed by atoms with E-state index in [1.54, 1.807) is 30.3 Å². The normalized spacial score (nSPS) is 16.8. The number of hydrogen-bond acceptors (Lipinski definition) is 8. The van der Waals surface area contributed by atoms with Crippen LogP contribution in [-0.4, -0.2) is 33.3 Å². The Hall–Kier alpha value is -4.57. The number of amides is 1. The average Bonchev–Trinajstić information content (AvgIpc) is 3.43. The van der Waals surface area contributed by atoms with Crippen molar-refractivity contribution < 1.29 is 24.4 Å². The number of nitro benzene ring substituents is 1. The number of aliphatic hydroxyl groups excluding tert-OH is 1. The van der Waals surface area contributed by atoms with Crippen LogP contribution in [0.25, 0.3) is 16.0 Å². The van der Waals surface area contributed by atoms with Crippen LogP contribution in [0.1, 0.15) is 35.2 Å². The molecule has 4 aromatic rings. The van der Waals surface area contributed by atoms with Gasteiger partial charge in [0.2, 0.25) is 0 Å². The molecule has 0 spiro atoms. The number of carbonyl (C=O) groups is 2. The van der Waals surface area contributed by atoms with E-state index in [1.807, 2.05) is 32.9 Å².